The molecule has 0 spiro atoms. The molecule has 78 valence electrons. The second-order valence-electron chi connectivity index (χ2n) is 3.85. The Morgan fingerprint density at radius 3 is 2.54 bits per heavy atom. The van der Waals surface area contributed by atoms with E-state index in [4.69, 9.17) is 0 Å². The number of hydrogen-bond donors (Lipinski definition) is 0. The van der Waals surface area contributed by atoms with Gasteiger partial charge in [0.2, 0.25) is 0 Å². The third-order valence-corrected chi connectivity index (χ3v) is 4.23. The van der Waals surface area contributed by atoms with E-state index in [1.54, 1.807) is 0 Å². The van der Waals surface area contributed by atoms with Gasteiger partial charge in [0.1, 0.15) is 0 Å². The molecule has 1 aliphatic rings. The fourth-order valence-corrected chi connectivity index (χ4v) is 2.83. The maximum Gasteiger partial charge on any atom is 0.0146 e. The van der Waals surface area contributed by atoms with Crippen LogP contribution in [-0.4, -0.2) is 41.4 Å². The van der Waals surface area contributed by atoms with Crippen molar-refractivity contribution in [2.75, 3.05) is 31.6 Å². The quantitative estimate of drug-likeness (QED) is 0.720. The molecule has 1 aliphatic heterocycles. The first-order chi connectivity index (χ1) is 6.24. The fourth-order valence-electron chi connectivity index (χ4n) is 1.86. The number of hydrogen-bond acceptors (Lipinski definition) is 2. The lowest BCUT2D eigenvalue weighted by Crippen LogP contribution is -2.37. The van der Waals surface area contributed by atoms with Crippen LogP contribution in [0.3, 0.4) is 0 Å². The molecule has 0 aromatic heterocycles. The van der Waals surface area contributed by atoms with Crippen LogP contribution in [-0.2, 0) is 0 Å². The molecule has 0 bridgehead atoms. The summed E-state index contributed by atoms with van der Waals surface area (Å²) in [7, 11) is 0. The van der Waals surface area contributed by atoms with E-state index in [0.29, 0.717) is 4.83 Å². The van der Waals surface area contributed by atoms with Crippen LogP contribution in [0.5, 0.6) is 0 Å². The Labute approximate surface area is 94.8 Å². The van der Waals surface area contributed by atoms with Gasteiger partial charge in [-0.05, 0) is 38.1 Å². The molecule has 1 unspecified atom stereocenters. The van der Waals surface area contributed by atoms with E-state index in [9.17, 15) is 0 Å². The fraction of sp³-hybridized carbons (Fsp3) is 1.00. The molecule has 1 atom stereocenters. The number of likely N-dealkylation sites (tertiary alicyclic amines) is 1. The molecule has 1 nitrogen and oxygen atoms in total. The van der Waals surface area contributed by atoms with E-state index < -0.39 is 0 Å². The van der Waals surface area contributed by atoms with Gasteiger partial charge in [-0.3, -0.25) is 0 Å². The summed E-state index contributed by atoms with van der Waals surface area (Å²) in [5, 5.41) is 0. The Morgan fingerprint density at radius 1 is 1.46 bits per heavy atom. The van der Waals surface area contributed by atoms with Gasteiger partial charge in [0.15, 0.2) is 0 Å². The van der Waals surface area contributed by atoms with Crippen LogP contribution in [0.2, 0.25) is 0 Å². The van der Waals surface area contributed by atoms with E-state index in [0.717, 1.165) is 5.92 Å². The number of rotatable bonds is 4. The summed E-state index contributed by atoms with van der Waals surface area (Å²) in [6.07, 6.45) is 4.94. The van der Waals surface area contributed by atoms with Crippen LogP contribution < -0.4 is 0 Å². The SMILES string of the molecule is CSCCN1CCC(C(C)Br)CC1. The maximum atomic E-state index is 3.69. The van der Waals surface area contributed by atoms with Crippen molar-refractivity contribution in [3.05, 3.63) is 0 Å². The largest absolute Gasteiger partial charge is 0.302 e. The standard InChI is InChI=1S/C10H20BrNS/c1-9(11)10-3-5-12(6-4-10)7-8-13-2/h9-10H,3-8H2,1-2H3. The first-order valence-electron chi connectivity index (χ1n) is 5.09. The van der Waals surface area contributed by atoms with Crippen molar-refractivity contribution in [1.82, 2.24) is 4.90 Å². The number of nitrogens with zero attached hydrogens (tertiary/aromatic N) is 1. The average Bonchev–Trinajstić information content (AvgIpc) is 2.15. The molecule has 3 heteroatoms. The Morgan fingerprint density at radius 2 is 2.08 bits per heavy atom. The highest BCUT2D eigenvalue weighted by atomic mass is 79.9. The van der Waals surface area contributed by atoms with E-state index in [-0.39, 0.29) is 0 Å². The minimum absolute atomic E-state index is 0.704. The Kier molecular flexibility index (Phi) is 5.75. The van der Waals surface area contributed by atoms with Gasteiger partial charge in [-0.1, -0.05) is 22.9 Å². The molecule has 1 rings (SSSR count). The van der Waals surface area contributed by atoms with Crippen LogP contribution in [0.15, 0.2) is 0 Å². The van der Waals surface area contributed by atoms with Gasteiger partial charge in [0.25, 0.3) is 0 Å². The zero-order valence-electron chi connectivity index (χ0n) is 8.63. The Balaban J connectivity index is 2.15. The summed E-state index contributed by atoms with van der Waals surface area (Å²) in [6, 6.07) is 0. The smallest absolute Gasteiger partial charge is 0.0146 e. The molecule has 0 N–H and O–H groups in total. The second kappa shape index (κ2) is 6.31. The molecular formula is C10H20BrNS. The normalized spacial score (nSPS) is 23.3. The van der Waals surface area contributed by atoms with Crippen LogP contribution in [0.4, 0.5) is 0 Å². The molecule has 1 saturated heterocycles. The zero-order chi connectivity index (χ0) is 9.68. The van der Waals surface area contributed by atoms with Crippen molar-refractivity contribution in [3.8, 4) is 0 Å². The van der Waals surface area contributed by atoms with Crippen molar-refractivity contribution >= 4 is 27.7 Å². The van der Waals surface area contributed by atoms with Crippen molar-refractivity contribution < 1.29 is 0 Å². The summed E-state index contributed by atoms with van der Waals surface area (Å²) >= 11 is 5.64. The number of thioether (sulfide) groups is 1. The minimum Gasteiger partial charge on any atom is -0.302 e. The van der Waals surface area contributed by atoms with Gasteiger partial charge in [-0.25, -0.2) is 0 Å². The average molecular weight is 266 g/mol. The summed E-state index contributed by atoms with van der Waals surface area (Å²) in [6.45, 7) is 6.18. The van der Waals surface area contributed by atoms with Gasteiger partial charge in [-0.2, -0.15) is 11.8 Å². The van der Waals surface area contributed by atoms with E-state index in [1.807, 2.05) is 11.8 Å². The van der Waals surface area contributed by atoms with Crippen molar-refractivity contribution in [2.45, 2.75) is 24.6 Å². The van der Waals surface area contributed by atoms with Crippen molar-refractivity contribution in [1.29, 1.82) is 0 Å². The molecule has 0 amide bonds. The van der Waals surface area contributed by atoms with Crippen LogP contribution >= 0.6 is 27.7 Å². The molecule has 13 heavy (non-hydrogen) atoms. The summed E-state index contributed by atoms with van der Waals surface area (Å²) < 4.78 is 0. The summed E-state index contributed by atoms with van der Waals surface area (Å²) in [5.41, 5.74) is 0. The molecule has 0 saturated carbocycles. The topological polar surface area (TPSA) is 3.24 Å². The number of halogens is 1. The molecule has 0 aliphatic carbocycles. The highest BCUT2D eigenvalue weighted by Gasteiger charge is 2.21. The molecule has 1 fully saturated rings. The van der Waals surface area contributed by atoms with Gasteiger partial charge < -0.3 is 4.90 Å². The molecular weight excluding hydrogens is 246 g/mol. The minimum atomic E-state index is 0.704. The lowest BCUT2D eigenvalue weighted by molar-refractivity contribution is 0.195. The zero-order valence-corrected chi connectivity index (χ0v) is 11.0. The molecule has 0 aromatic rings. The summed E-state index contributed by atoms with van der Waals surface area (Å²) in [5.74, 6) is 2.19. The maximum absolute atomic E-state index is 3.69. The van der Waals surface area contributed by atoms with E-state index in [1.165, 1.54) is 38.2 Å². The lowest BCUT2D eigenvalue weighted by Gasteiger charge is -2.33. The molecule has 1 heterocycles. The number of alkyl halides is 1. The van der Waals surface area contributed by atoms with Crippen LogP contribution in [0.1, 0.15) is 19.8 Å². The van der Waals surface area contributed by atoms with Gasteiger partial charge in [0.05, 0.1) is 0 Å². The Bertz CT molecular complexity index is 133. The first kappa shape index (κ1) is 11.9. The van der Waals surface area contributed by atoms with Crippen LogP contribution in [0.25, 0.3) is 0 Å². The van der Waals surface area contributed by atoms with Crippen LogP contribution in [0, 0.1) is 5.92 Å². The monoisotopic (exact) mass is 265 g/mol. The summed E-state index contributed by atoms with van der Waals surface area (Å²) in [4.78, 5) is 3.30. The van der Waals surface area contributed by atoms with Gasteiger partial charge >= 0.3 is 0 Å². The van der Waals surface area contributed by atoms with Gasteiger partial charge in [0, 0.05) is 17.1 Å². The molecule has 0 aromatic carbocycles. The predicted octanol–water partition coefficient (Wildman–Crippen LogP) is 2.84. The Hall–Kier alpha value is 0.790. The first-order valence-corrected chi connectivity index (χ1v) is 7.40. The highest BCUT2D eigenvalue weighted by Crippen LogP contribution is 2.24. The van der Waals surface area contributed by atoms with Gasteiger partial charge in [-0.15, -0.1) is 0 Å². The van der Waals surface area contributed by atoms with Crippen molar-refractivity contribution in [3.63, 3.8) is 0 Å². The highest BCUT2D eigenvalue weighted by molar-refractivity contribution is 9.09. The molecule has 0 radical (unpaired) electrons. The second-order valence-corrected chi connectivity index (χ2v) is 6.28. The lowest BCUT2D eigenvalue weighted by atomic mass is 9.94. The number of piperidine rings is 1. The third-order valence-electron chi connectivity index (χ3n) is 2.89. The van der Waals surface area contributed by atoms with Crippen molar-refractivity contribution in [2.24, 2.45) is 5.92 Å². The third kappa shape index (κ3) is 4.22. The van der Waals surface area contributed by atoms with E-state index in [2.05, 4.69) is 34.0 Å². The predicted molar refractivity (Wildman–Crippen MR) is 65.9 cm³/mol. The van der Waals surface area contributed by atoms with E-state index >= 15 is 0 Å².